The Bertz CT molecular complexity index is 713. The average molecular weight is 328 g/mol. The van der Waals surface area contributed by atoms with E-state index >= 15 is 0 Å². The molecule has 6 heteroatoms. The second kappa shape index (κ2) is 7.05. The first-order valence-electron chi connectivity index (χ1n) is 8.29. The highest BCUT2D eigenvalue weighted by Gasteiger charge is 2.30. The number of aromatic nitrogens is 2. The van der Waals surface area contributed by atoms with Gasteiger partial charge in [0.05, 0.1) is 24.9 Å². The minimum absolute atomic E-state index is 0.0442. The van der Waals surface area contributed by atoms with Crippen molar-refractivity contribution in [1.29, 1.82) is 0 Å². The van der Waals surface area contributed by atoms with Crippen molar-refractivity contribution in [3.63, 3.8) is 0 Å². The Hall–Kier alpha value is -2.34. The van der Waals surface area contributed by atoms with Gasteiger partial charge in [0.15, 0.2) is 0 Å². The number of rotatable bonds is 4. The van der Waals surface area contributed by atoms with Crippen molar-refractivity contribution in [2.75, 3.05) is 33.8 Å². The first-order valence-corrected chi connectivity index (χ1v) is 8.29. The van der Waals surface area contributed by atoms with Crippen LogP contribution in [0.2, 0.25) is 0 Å². The minimum Gasteiger partial charge on any atom is -0.496 e. The lowest BCUT2D eigenvalue weighted by atomic mass is 10.0. The van der Waals surface area contributed by atoms with Gasteiger partial charge in [0.25, 0.3) is 5.91 Å². The Morgan fingerprint density at radius 3 is 2.83 bits per heavy atom. The van der Waals surface area contributed by atoms with Crippen molar-refractivity contribution in [3.8, 4) is 5.75 Å². The van der Waals surface area contributed by atoms with Crippen LogP contribution in [0, 0.1) is 0 Å². The van der Waals surface area contributed by atoms with E-state index in [0.717, 1.165) is 30.9 Å². The third-order valence-electron chi connectivity index (χ3n) is 4.64. The van der Waals surface area contributed by atoms with Crippen molar-refractivity contribution < 1.29 is 9.53 Å². The number of para-hydroxylation sites is 1. The van der Waals surface area contributed by atoms with Crippen LogP contribution in [-0.2, 0) is 6.54 Å². The van der Waals surface area contributed by atoms with Gasteiger partial charge in [-0.05, 0) is 20.0 Å². The van der Waals surface area contributed by atoms with Crippen LogP contribution < -0.4 is 4.74 Å². The predicted octanol–water partition coefficient (Wildman–Crippen LogP) is 2.04. The highest BCUT2D eigenvalue weighted by molar-refractivity contribution is 5.93. The number of amides is 1. The molecule has 2 heterocycles. The quantitative estimate of drug-likeness (QED) is 0.862. The molecule has 1 saturated heterocycles. The van der Waals surface area contributed by atoms with E-state index in [1.807, 2.05) is 36.2 Å². The largest absolute Gasteiger partial charge is 0.496 e. The second-order valence-corrected chi connectivity index (χ2v) is 6.07. The summed E-state index contributed by atoms with van der Waals surface area (Å²) in [6.45, 7) is 4.97. The molecule has 1 atom stereocenters. The number of methoxy groups -OCH3 is 1. The van der Waals surface area contributed by atoms with Gasteiger partial charge in [0.1, 0.15) is 5.75 Å². The van der Waals surface area contributed by atoms with E-state index in [1.54, 1.807) is 18.0 Å². The Balaban J connectivity index is 1.81. The van der Waals surface area contributed by atoms with Gasteiger partial charge in [-0.1, -0.05) is 18.2 Å². The SMILES string of the molecule is CCn1cc(C(=O)N2CCN(C)[C@H](c3ccccc3OC)C2)cn1. The van der Waals surface area contributed by atoms with Crippen LogP contribution in [0.15, 0.2) is 36.7 Å². The van der Waals surface area contributed by atoms with Gasteiger partial charge in [0.2, 0.25) is 0 Å². The smallest absolute Gasteiger partial charge is 0.257 e. The number of carbonyl (C=O) groups is 1. The lowest BCUT2D eigenvalue weighted by molar-refractivity contribution is 0.0542. The molecule has 6 nitrogen and oxygen atoms in total. The Morgan fingerprint density at radius 2 is 2.12 bits per heavy atom. The summed E-state index contributed by atoms with van der Waals surface area (Å²) in [6, 6.07) is 8.14. The number of nitrogens with zero attached hydrogens (tertiary/aromatic N) is 4. The summed E-state index contributed by atoms with van der Waals surface area (Å²) >= 11 is 0. The van der Waals surface area contributed by atoms with Crippen molar-refractivity contribution in [1.82, 2.24) is 19.6 Å². The summed E-state index contributed by atoms with van der Waals surface area (Å²) in [5.41, 5.74) is 1.77. The van der Waals surface area contributed by atoms with Crippen LogP contribution >= 0.6 is 0 Å². The number of ether oxygens (including phenoxy) is 1. The van der Waals surface area contributed by atoms with Crippen molar-refractivity contribution in [2.45, 2.75) is 19.5 Å². The first-order chi connectivity index (χ1) is 11.6. The number of aryl methyl sites for hydroxylation is 1. The molecule has 1 aliphatic rings. The van der Waals surface area contributed by atoms with E-state index in [1.165, 1.54) is 0 Å². The maximum absolute atomic E-state index is 12.8. The summed E-state index contributed by atoms with van der Waals surface area (Å²) in [7, 11) is 3.78. The third-order valence-corrected chi connectivity index (χ3v) is 4.64. The number of hydrogen-bond acceptors (Lipinski definition) is 4. The zero-order chi connectivity index (χ0) is 17.1. The van der Waals surface area contributed by atoms with Gasteiger partial charge in [-0.15, -0.1) is 0 Å². The maximum atomic E-state index is 12.8. The van der Waals surface area contributed by atoms with E-state index in [2.05, 4.69) is 23.1 Å². The molecule has 128 valence electrons. The molecule has 3 rings (SSSR count). The lowest BCUT2D eigenvalue weighted by Gasteiger charge is -2.40. The first kappa shape index (κ1) is 16.5. The molecule has 0 saturated carbocycles. The normalized spacial score (nSPS) is 18.6. The van der Waals surface area contributed by atoms with E-state index < -0.39 is 0 Å². The van der Waals surface area contributed by atoms with Crippen LogP contribution in [0.1, 0.15) is 28.9 Å². The zero-order valence-corrected chi connectivity index (χ0v) is 14.5. The van der Waals surface area contributed by atoms with Gasteiger partial charge in [-0.3, -0.25) is 14.4 Å². The molecular weight excluding hydrogens is 304 g/mol. The molecule has 0 spiro atoms. The molecule has 2 aromatic rings. The summed E-state index contributed by atoms with van der Waals surface area (Å²) < 4.78 is 7.28. The number of piperazine rings is 1. The van der Waals surface area contributed by atoms with Crippen molar-refractivity contribution >= 4 is 5.91 Å². The highest BCUT2D eigenvalue weighted by atomic mass is 16.5. The third kappa shape index (κ3) is 3.14. The average Bonchev–Trinajstić information content (AvgIpc) is 3.10. The molecule has 0 radical (unpaired) electrons. The molecule has 0 N–H and O–H groups in total. The molecular formula is C18H24N4O2. The standard InChI is InChI=1S/C18H24N4O2/c1-4-22-12-14(11-19-22)18(23)21-10-9-20(2)16(13-21)15-7-5-6-8-17(15)24-3/h5-8,11-12,16H,4,9-10,13H2,1-3H3/t16-/m0/s1. The molecule has 0 unspecified atom stereocenters. The number of likely N-dealkylation sites (N-methyl/N-ethyl adjacent to an activating group) is 1. The van der Waals surface area contributed by atoms with Crippen molar-refractivity contribution in [3.05, 3.63) is 47.8 Å². The molecule has 1 aromatic heterocycles. The van der Waals surface area contributed by atoms with Crippen LogP contribution in [0.5, 0.6) is 5.75 Å². The predicted molar refractivity (Wildman–Crippen MR) is 92.2 cm³/mol. The molecule has 1 fully saturated rings. The fraction of sp³-hybridized carbons (Fsp3) is 0.444. The second-order valence-electron chi connectivity index (χ2n) is 6.07. The summed E-state index contributed by atoms with van der Waals surface area (Å²) in [5.74, 6) is 0.908. The Morgan fingerprint density at radius 1 is 1.33 bits per heavy atom. The van der Waals surface area contributed by atoms with Gasteiger partial charge < -0.3 is 9.64 Å². The Kier molecular flexibility index (Phi) is 4.85. The topological polar surface area (TPSA) is 50.6 Å². The van der Waals surface area contributed by atoms with Crippen LogP contribution in [0.4, 0.5) is 0 Å². The van der Waals surface area contributed by atoms with Crippen molar-refractivity contribution in [2.24, 2.45) is 0 Å². The molecule has 0 aliphatic carbocycles. The maximum Gasteiger partial charge on any atom is 0.257 e. The molecule has 1 amide bonds. The Labute approximate surface area is 142 Å². The monoisotopic (exact) mass is 328 g/mol. The van der Waals surface area contributed by atoms with Gasteiger partial charge in [-0.2, -0.15) is 5.10 Å². The van der Waals surface area contributed by atoms with Crippen LogP contribution in [-0.4, -0.2) is 59.3 Å². The van der Waals surface area contributed by atoms with Gasteiger partial charge in [0, 0.05) is 37.9 Å². The number of benzene rings is 1. The van der Waals surface area contributed by atoms with E-state index in [9.17, 15) is 4.79 Å². The summed E-state index contributed by atoms with van der Waals surface area (Å²) in [6.07, 6.45) is 3.47. The molecule has 0 bridgehead atoms. The molecule has 1 aromatic carbocycles. The minimum atomic E-state index is 0.0442. The fourth-order valence-corrected chi connectivity index (χ4v) is 3.17. The fourth-order valence-electron chi connectivity index (χ4n) is 3.17. The molecule has 1 aliphatic heterocycles. The number of carbonyl (C=O) groups excluding carboxylic acids is 1. The van der Waals surface area contributed by atoms with Crippen LogP contribution in [0.25, 0.3) is 0 Å². The summed E-state index contributed by atoms with van der Waals surface area (Å²) in [5, 5.41) is 4.21. The van der Waals surface area contributed by atoms with Gasteiger partial charge >= 0.3 is 0 Å². The van der Waals surface area contributed by atoms with E-state index in [4.69, 9.17) is 4.74 Å². The van der Waals surface area contributed by atoms with E-state index in [-0.39, 0.29) is 11.9 Å². The number of hydrogen-bond donors (Lipinski definition) is 0. The molecule has 24 heavy (non-hydrogen) atoms. The summed E-state index contributed by atoms with van der Waals surface area (Å²) in [4.78, 5) is 17.0. The highest BCUT2D eigenvalue weighted by Crippen LogP contribution is 2.31. The van der Waals surface area contributed by atoms with E-state index in [0.29, 0.717) is 12.1 Å². The lowest BCUT2D eigenvalue weighted by Crippen LogP contribution is -2.49. The van der Waals surface area contributed by atoms with Gasteiger partial charge in [-0.25, -0.2) is 0 Å². The van der Waals surface area contributed by atoms with Crippen LogP contribution in [0.3, 0.4) is 0 Å². The zero-order valence-electron chi connectivity index (χ0n) is 14.5.